The maximum absolute atomic E-state index is 6.37. The van der Waals surface area contributed by atoms with E-state index in [0.29, 0.717) is 17.5 Å². The van der Waals surface area contributed by atoms with Crippen molar-refractivity contribution in [2.24, 2.45) is 5.73 Å². The van der Waals surface area contributed by atoms with Crippen molar-refractivity contribution in [2.75, 3.05) is 0 Å². The molecular weight excluding hydrogens is 308 g/mol. The summed E-state index contributed by atoms with van der Waals surface area (Å²) in [5.41, 5.74) is 5.97. The van der Waals surface area contributed by atoms with E-state index in [0.717, 1.165) is 36.1 Å². The summed E-state index contributed by atoms with van der Waals surface area (Å²) in [5, 5.41) is 7.41. The second-order valence-electron chi connectivity index (χ2n) is 6.00. The Morgan fingerprint density at radius 3 is 2.87 bits per heavy atom. The van der Waals surface area contributed by atoms with Gasteiger partial charge in [0, 0.05) is 11.6 Å². The second kappa shape index (κ2) is 5.94. The topological polar surface area (TPSA) is 77.8 Å². The van der Waals surface area contributed by atoms with Crippen molar-refractivity contribution < 1.29 is 4.52 Å². The van der Waals surface area contributed by atoms with Gasteiger partial charge in [-0.1, -0.05) is 54.0 Å². The Bertz CT molecular complexity index is 821. The van der Waals surface area contributed by atoms with Crippen molar-refractivity contribution in [2.45, 2.75) is 42.0 Å². The van der Waals surface area contributed by atoms with Crippen molar-refractivity contribution in [1.82, 2.24) is 15.1 Å². The lowest BCUT2D eigenvalue weighted by atomic mass is 9.99. The maximum Gasteiger partial charge on any atom is 0.237 e. The van der Waals surface area contributed by atoms with Crippen LogP contribution in [0.25, 0.3) is 10.8 Å². The first-order valence-corrected chi connectivity index (χ1v) is 8.82. The number of hydrogen-bond donors (Lipinski definition) is 1. The summed E-state index contributed by atoms with van der Waals surface area (Å²) >= 11 is 1.61. The van der Waals surface area contributed by atoms with Gasteiger partial charge in [0.05, 0.1) is 11.3 Å². The largest absolute Gasteiger partial charge is 0.338 e. The summed E-state index contributed by atoms with van der Waals surface area (Å²) in [6.07, 6.45) is 5.97. The van der Waals surface area contributed by atoms with E-state index < -0.39 is 5.54 Å². The van der Waals surface area contributed by atoms with Gasteiger partial charge in [0.1, 0.15) is 5.03 Å². The minimum Gasteiger partial charge on any atom is -0.338 e. The molecule has 0 bridgehead atoms. The Morgan fingerprint density at radius 1 is 1.17 bits per heavy atom. The molecule has 4 rings (SSSR count). The van der Waals surface area contributed by atoms with Crippen LogP contribution in [0.15, 0.2) is 46.1 Å². The maximum atomic E-state index is 6.37. The van der Waals surface area contributed by atoms with Crippen LogP contribution < -0.4 is 5.73 Å². The average Bonchev–Trinajstić information content (AvgIpc) is 3.23. The molecule has 1 aliphatic carbocycles. The van der Waals surface area contributed by atoms with Gasteiger partial charge < -0.3 is 10.3 Å². The highest BCUT2D eigenvalue weighted by atomic mass is 32.2. The lowest BCUT2D eigenvalue weighted by molar-refractivity contribution is 0.355. The highest BCUT2D eigenvalue weighted by molar-refractivity contribution is 7.98. The van der Waals surface area contributed by atoms with Crippen LogP contribution in [0, 0.1) is 0 Å². The summed E-state index contributed by atoms with van der Waals surface area (Å²) in [7, 11) is 0. The summed E-state index contributed by atoms with van der Waals surface area (Å²) in [6.45, 7) is 0. The minimum absolute atomic E-state index is 0.399. The molecule has 1 aromatic carbocycles. The standard InChI is InChI=1S/C17H18N4OS/c18-17(8-3-4-9-17)16-20-14(22-21-16)11-23-15-13-6-2-1-5-12(13)7-10-19-15/h1-2,5-7,10H,3-4,8-9,11,18H2. The zero-order valence-electron chi connectivity index (χ0n) is 12.7. The first-order valence-electron chi connectivity index (χ1n) is 7.83. The number of hydrogen-bond acceptors (Lipinski definition) is 6. The van der Waals surface area contributed by atoms with Gasteiger partial charge in [0.15, 0.2) is 5.82 Å². The molecule has 2 heterocycles. The number of pyridine rings is 1. The van der Waals surface area contributed by atoms with Crippen molar-refractivity contribution in [3.8, 4) is 0 Å². The van der Waals surface area contributed by atoms with E-state index in [-0.39, 0.29) is 0 Å². The predicted octanol–water partition coefficient (Wildman–Crippen LogP) is 3.64. The van der Waals surface area contributed by atoms with Crippen molar-refractivity contribution >= 4 is 22.5 Å². The number of benzene rings is 1. The summed E-state index contributed by atoms with van der Waals surface area (Å²) < 4.78 is 5.39. The van der Waals surface area contributed by atoms with Crippen molar-refractivity contribution in [3.05, 3.63) is 48.2 Å². The molecule has 1 saturated carbocycles. The smallest absolute Gasteiger partial charge is 0.237 e. The molecule has 5 nitrogen and oxygen atoms in total. The fraction of sp³-hybridized carbons (Fsp3) is 0.353. The molecule has 2 N–H and O–H groups in total. The normalized spacial score (nSPS) is 16.9. The summed E-state index contributed by atoms with van der Waals surface area (Å²) in [6, 6.07) is 10.2. The summed E-state index contributed by atoms with van der Waals surface area (Å²) in [4.78, 5) is 8.98. The molecule has 0 aliphatic heterocycles. The number of nitrogens with two attached hydrogens (primary N) is 1. The van der Waals surface area contributed by atoms with Crippen molar-refractivity contribution in [3.63, 3.8) is 0 Å². The third-order valence-corrected chi connectivity index (χ3v) is 5.37. The predicted molar refractivity (Wildman–Crippen MR) is 89.9 cm³/mol. The Kier molecular flexibility index (Phi) is 3.79. The van der Waals surface area contributed by atoms with Gasteiger partial charge >= 0.3 is 0 Å². The van der Waals surface area contributed by atoms with E-state index in [4.69, 9.17) is 10.3 Å². The Labute approximate surface area is 138 Å². The number of aromatic nitrogens is 3. The highest BCUT2D eigenvalue weighted by Gasteiger charge is 2.35. The molecule has 0 saturated heterocycles. The quantitative estimate of drug-likeness (QED) is 0.738. The Balaban J connectivity index is 1.52. The molecule has 0 spiro atoms. The third-order valence-electron chi connectivity index (χ3n) is 4.38. The van der Waals surface area contributed by atoms with Crippen LogP contribution in [0.1, 0.15) is 37.4 Å². The second-order valence-corrected chi connectivity index (χ2v) is 6.96. The Morgan fingerprint density at radius 2 is 2.00 bits per heavy atom. The first kappa shape index (κ1) is 14.7. The molecule has 23 heavy (non-hydrogen) atoms. The van der Waals surface area contributed by atoms with Crippen LogP contribution >= 0.6 is 11.8 Å². The van der Waals surface area contributed by atoms with E-state index >= 15 is 0 Å². The van der Waals surface area contributed by atoms with E-state index in [1.807, 2.05) is 24.4 Å². The molecule has 1 fully saturated rings. The fourth-order valence-corrected chi connectivity index (χ4v) is 3.94. The third kappa shape index (κ3) is 2.84. The molecule has 118 valence electrons. The van der Waals surface area contributed by atoms with Crippen LogP contribution in [0.4, 0.5) is 0 Å². The van der Waals surface area contributed by atoms with Gasteiger partial charge in [-0.05, 0) is 24.3 Å². The van der Waals surface area contributed by atoms with Gasteiger partial charge in [-0.15, -0.1) is 0 Å². The van der Waals surface area contributed by atoms with E-state index in [1.165, 1.54) is 5.39 Å². The van der Waals surface area contributed by atoms with Crippen LogP contribution in [-0.4, -0.2) is 15.1 Å². The molecule has 0 radical (unpaired) electrons. The highest BCUT2D eigenvalue weighted by Crippen LogP contribution is 2.35. The summed E-state index contributed by atoms with van der Waals surface area (Å²) in [5.74, 6) is 1.86. The number of rotatable bonds is 4. The van der Waals surface area contributed by atoms with Crippen LogP contribution in [0.3, 0.4) is 0 Å². The molecule has 3 aromatic rings. The lowest BCUT2D eigenvalue weighted by Crippen LogP contribution is -2.34. The SMILES string of the molecule is NC1(c2noc(CSc3nccc4ccccc34)n2)CCCC1. The van der Waals surface area contributed by atoms with E-state index in [1.54, 1.807) is 11.8 Å². The monoisotopic (exact) mass is 326 g/mol. The van der Waals surface area contributed by atoms with Crippen LogP contribution in [-0.2, 0) is 11.3 Å². The van der Waals surface area contributed by atoms with Gasteiger partial charge in [-0.2, -0.15) is 4.98 Å². The molecular formula is C17H18N4OS. The number of fused-ring (bicyclic) bond motifs is 1. The number of nitrogens with zero attached hydrogens (tertiary/aromatic N) is 3. The molecule has 2 aromatic heterocycles. The Hall–Kier alpha value is -1.92. The minimum atomic E-state index is -0.399. The fourth-order valence-electron chi connectivity index (χ4n) is 3.08. The van der Waals surface area contributed by atoms with Crippen LogP contribution in [0.5, 0.6) is 0 Å². The van der Waals surface area contributed by atoms with Gasteiger partial charge in [-0.25, -0.2) is 4.98 Å². The average molecular weight is 326 g/mol. The molecule has 1 aliphatic rings. The molecule has 0 unspecified atom stereocenters. The van der Waals surface area contributed by atoms with Crippen LogP contribution in [0.2, 0.25) is 0 Å². The van der Waals surface area contributed by atoms with Gasteiger partial charge in [-0.3, -0.25) is 0 Å². The van der Waals surface area contributed by atoms with E-state index in [9.17, 15) is 0 Å². The first-order chi connectivity index (χ1) is 11.2. The van der Waals surface area contributed by atoms with Gasteiger partial charge in [0.25, 0.3) is 0 Å². The van der Waals surface area contributed by atoms with E-state index in [2.05, 4.69) is 27.3 Å². The zero-order valence-corrected chi connectivity index (χ0v) is 13.6. The van der Waals surface area contributed by atoms with Gasteiger partial charge in [0.2, 0.25) is 5.89 Å². The molecule has 6 heteroatoms. The number of thioether (sulfide) groups is 1. The molecule has 0 amide bonds. The lowest BCUT2D eigenvalue weighted by Gasteiger charge is -2.17. The van der Waals surface area contributed by atoms with Crippen molar-refractivity contribution in [1.29, 1.82) is 0 Å². The molecule has 0 atom stereocenters. The zero-order chi connectivity index (χ0) is 15.7.